The molecule has 0 saturated carbocycles. The van der Waals surface area contributed by atoms with E-state index in [2.05, 4.69) is 61.0 Å². The minimum Gasteiger partial charge on any atom is -0.294 e. The van der Waals surface area contributed by atoms with Crippen LogP contribution in [-0.2, 0) is 12.8 Å². The fraction of sp³-hybridized carbons (Fsp3) is 0.370. The first-order valence-electron chi connectivity index (χ1n) is 11.1. The molecule has 3 aromatic rings. The second-order valence-electron chi connectivity index (χ2n) is 8.38. The van der Waals surface area contributed by atoms with Crippen molar-refractivity contribution in [2.45, 2.75) is 52.4 Å². The Morgan fingerprint density at radius 1 is 1.07 bits per heavy atom. The SMILES string of the molecule is C=C(N=NC)c1ccc2cc(CCC(CC)CC)c3ccc4c(c3c2c1)CCC4=O. The van der Waals surface area contributed by atoms with Crippen LogP contribution in [0.4, 0.5) is 0 Å². The van der Waals surface area contributed by atoms with Crippen LogP contribution in [-0.4, -0.2) is 12.8 Å². The van der Waals surface area contributed by atoms with Crippen LogP contribution in [0.2, 0.25) is 0 Å². The third-order valence-corrected chi connectivity index (χ3v) is 6.74. The van der Waals surface area contributed by atoms with Crippen molar-refractivity contribution in [3.8, 4) is 0 Å². The molecule has 3 aromatic carbocycles. The molecule has 3 nitrogen and oxygen atoms in total. The number of carbonyl (C=O) groups excluding carboxylic acids is 1. The number of nitrogens with zero attached hydrogens (tertiary/aromatic N) is 2. The zero-order valence-electron chi connectivity index (χ0n) is 18.3. The van der Waals surface area contributed by atoms with E-state index in [-0.39, 0.29) is 5.78 Å². The summed E-state index contributed by atoms with van der Waals surface area (Å²) in [5, 5.41) is 13.0. The summed E-state index contributed by atoms with van der Waals surface area (Å²) in [6, 6.07) is 13.0. The lowest BCUT2D eigenvalue weighted by Gasteiger charge is -2.17. The molecule has 154 valence electrons. The van der Waals surface area contributed by atoms with Gasteiger partial charge in [-0.1, -0.05) is 63.6 Å². The summed E-state index contributed by atoms with van der Waals surface area (Å²) < 4.78 is 0. The molecular formula is C27H30N2O. The fourth-order valence-electron chi connectivity index (χ4n) is 4.90. The van der Waals surface area contributed by atoms with Crippen LogP contribution in [0, 0.1) is 5.92 Å². The van der Waals surface area contributed by atoms with E-state index in [1.807, 2.05) is 6.07 Å². The quantitative estimate of drug-likeness (QED) is 0.299. The van der Waals surface area contributed by atoms with Crippen molar-refractivity contribution in [2.75, 3.05) is 7.05 Å². The van der Waals surface area contributed by atoms with Crippen LogP contribution in [0.5, 0.6) is 0 Å². The van der Waals surface area contributed by atoms with E-state index in [1.54, 1.807) is 7.05 Å². The van der Waals surface area contributed by atoms with Crippen LogP contribution < -0.4 is 0 Å². The van der Waals surface area contributed by atoms with E-state index >= 15 is 0 Å². The first-order valence-corrected chi connectivity index (χ1v) is 11.1. The maximum absolute atomic E-state index is 12.4. The van der Waals surface area contributed by atoms with Crippen molar-refractivity contribution in [1.82, 2.24) is 0 Å². The number of carbonyl (C=O) groups is 1. The number of fused-ring (bicyclic) bond motifs is 5. The van der Waals surface area contributed by atoms with Crippen molar-refractivity contribution in [3.63, 3.8) is 0 Å². The molecule has 0 N–H and O–H groups in total. The highest BCUT2D eigenvalue weighted by Gasteiger charge is 2.23. The first-order chi connectivity index (χ1) is 14.6. The molecule has 0 radical (unpaired) electrons. The lowest BCUT2D eigenvalue weighted by Crippen LogP contribution is -2.01. The molecule has 0 aromatic heterocycles. The van der Waals surface area contributed by atoms with Crippen LogP contribution in [0.25, 0.3) is 27.2 Å². The zero-order chi connectivity index (χ0) is 21.3. The van der Waals surface area contributed by atoms with Crippen molar-refractivity contribution in [3.05, 3.63) is 65.2 Å². The maximum Gasteiger partial charge on any atom is 0.163 e. The number of hydrogen-bond acceptors (Lipinski definition) is 3. The molecule has 0 spiro atoms. The molecule has 4 rings (SSSR count). The average molecular weight is 399 g/mol. The number of rotatable bonds is 7. The first kappa shape index (κ1) is 20.5. The van der Waals surface area contributed by atoms with Gasteiger partial charge in [0.25, 0.3) is 0 Å². The van der Waals surface area contributed by atoms with E-state index in [1.165, 1.54) is 51.9 Å². The zero-order valence-corrected chi connectivity index (χ0v) is 18.3. The Morgan fingerprint density at radius 3 is 2.60 bits per heavy atom. The number of Topliss-reactive ketones (excluding diaryl/α,β-unsaturated/α-hetero) is 1. The molecule has 1 aliphatic rings. The summed E-state index contributed by atoms with van der Waals surface area (Å²) in [6.07, 6.45) is 6.17. The van der Waals surface area contributed by atoms with E-state index in [4.69, 9.17) is 0 Å². The average Bonchev–Trinajstić information content (AvgIpc) is 3.15. The van der Waals surface area contributed by atoms with Crippen LogP contribution >= 0.6 is 0 Å². The van der Waals surface area contributed by atoms with Gasteiger partial charge in [0.1, 0.15) is 0 Å². The third-order valence-electron chi connectivity index (χ3n) is 6.74. The Hall–Kier alpha value is -2.81. The number of ketones is 1. The van der Waals surface area contributed by atoms with E-state index in [0.29, 0.717) is 12.1 Å². The van der Waals surface area contributed by atoms with Gasteiger partial charge in [-0.2, -0.15) is 10.2 Å². The van der Waals surface area contributed by atoms with Gasteiger partial charge in [0.2, 0.25) is 0 Å². The van der Waals surface area contributed by atoms with Gasteiger partial charge >= 0.3 is 0 Å². The Morgan fingerprint density at radius 2 is 1.87 bits per heavy atom. The van der Waals surface area contributed by atoms with E-state index < -0.39 is 0 Å². The second kappa shape index (κ2) is 8.51. The Bertz CT molecular complexity index is 1170. The summed E-state index contributed by atoms with van der Waals surface area (Å²) in [6.45, 7) is 8.63. The van der Waals surface area contributed by atoms with Gasteiger partial charge in [0.15, 0.2) is 5.78 Å². The molecule has 0 aliphatic heterocycles. The van der Waals surface area contributed by atoms with Crippen LogP contribution in [0.15, 0.2) is 53.2 Å². The van der Waals surface area contributed by atoms with Crippen molar-refractivity contribution in [2.24, 2.45) is 16.1 Å². The minimum atomic E-state index is 0.267. The largest absolute Gasteiger partial charge is 0.294 e. The number of azo groups is 1. The van der Waals surface area contributed by atoms with Gasteiger partial charge < -0.3 is 0 Å². The predicted octanol–water partition coefficient (Wildman–Crippen LogP) is 7.54. The van der Waals surface area contributed by atoms with Crippen molar-refractivity contribution in [1.29, 1.82) is 0 Å². The molecule has 0 atom stereocenters. The Balaban J connectivity index is 1.95. The lowest BCUT2D eigenvalue weighted by molar-refractivity contribution is 0.0994. The van der Waals surface area contributed by atoms with Crippen LogP contribution in [0.1, 0.15) is 66.6 Å². The predicted molar refractivity (Wildman–Crippen MR) is 126 cm³/mol. The molecule has 30 heavy (non-hydrogen) atoms. The molecule has 3 heteroatoms. The number of benzene rings is 3. The van der Waals surface area contributed by atoms with Gasteiger partial charge in [-0.3, -0.25) is 4.79 Å². The van der Waals surface area contributed by atoms with Gasteiger partial charge in [-0.25, -0.2) is 0 Å². The molecular weight excluding hydrogens is 368 g/mol. The van der Waals surface area contributed by atoms with Crippen LogP contribution in [0.3, 0.4) is 0 Å². The molecule has 0 saturated heterocycles. The van der Waals surface area contributed by atoms with Crippen molar-refractivity contribution >= 4 is 33.0 Å². The summed E-state index contributed by atoms with van der Waals surface area (Å²) >= 11 is 0. The molecule has 0 fully saturated rings. The maximum atomic E-state index is 12.4. The summed E-state index contributed by atoms with van der Waals surface area (Å²) in [5.74, 6) is 1.03. The number of hydrogen-bond donors (Lipinski definition) is 0. The molecule has 1 aliphatic carbocycles. The van der Waals surface area contributed by atoms with Crippen molar-refractivity contribution < 1.29 is 4.79 Å². The normalized spacial score (nSPS) is 13.8. The van der Waals surface area contributed by atoms with E-state index in [9.17, 15) is 4.79 Å². The number of aryl methyl sites for hydroxylation is 2. The van der Waals surface area contributed by atoms with Gasteiger partial charge in [0.05, 0.1) is 5.70 Å². The highest BCUT2D eigenvalue weighted by molar-refractivity contribution is 6.16. The fourth-order valence-corrected chi connectivity index (χ4v) is 4.90. The Labute approximate surface area is 178 Å². The molecule has 0 unspecified atom stereocenters. The lowest BCUT2D eigenvalue weighted by atomic mass is 9.87. The van der Waals surface area contributed by atoms with Gasteiger partial charge in [0, 0.05) is 24.6 Å². The minimum absolute atomic E-state index is 0.267. The highest BCUT2D eigenvalue weighted by Crippen LogP contribution is 2.38. The molecule has 0 bridgehead atoms. The Kier molecular flexibility index (Phi) is 5.80. The summed E-state index contributed by atoms with van der Waals surface area (Å²) in [4.78, 5) is 12.4. The third kappa shape index (κ3) is 3.58. The van der Waals surface area contributed by atoms with E-state index in [0.717, 1.165) is 29.9 Å². The van der Waals surface area contributed by atoms with Gasteiger partial charge in [-0.05, 0) is 63.9 Å². The second-order valence-corrected chi connectivity index (χ2v) is 8.38. The molecule has 0 amide bonds. The smallest absolute Gasteiger partial charge is 0.163 e. The highest BCUT2D eigenvalue weighted by atomic mass is 16.1. The summed E-state index contributed by atoms with van der Waals surface area (Å²) in [5.41, 5.74) is 5.15. The van der Waals surface area contributed by atoms with Gasteiger partial charge in [-0.15, -0.1) is 0 Å². The monoisotopic (exact) mass is 398 g/mol. The topological polar surface area (TPSA) is 41.8 Å². The summed E-state index contributed by atoms with van der Waals surface area (Å²) in [7, 11) is 1.66. The standard InChI is InChI=1S/C27H30N2O/c1-5-18(6-2)7-8-20-15-21-10-9-19(17(3)29-28-4)16-25(21)27-22(20)11-12-23-24(27)13-14-26(23)30/h9-12,15-16,18H,3,5-8,13-14H2,1-2,4H3. The molecule has 0 heterocycles.